The van der Waals surface area contributed by atoms with Crippen molar-refractivity contribution in [2.45, 2.75) is 63.5 Å². The monoisotopic (exact) mass is 381 g/mol. The van der Waals surface area contributed by atoms with Crippen molar-refractivity contribution in [1.82, 2.24) is 14.5 Å². The Labute approximate surface area is 156 Å². The minimum Gasteiger partial charge on any atom is -0.335 e. The molecule has 26 heavy (non-hydrogen) atoms. The zero-order valence-corrected chi connectivity index (χ0v) is 16.3. The Morgan fingerprint density at radius 3 is 2.38 bits per heavy atom. The summed E-state index contributed by atoms with van der Waals surface area (Å²) in [5.74, 6) is 3.67. The van der Waals surface area contributed by atoms with Crippen LogP contribution in [-0.4, -0.2) is 61.1 Å². The van der Waals surface area contributed by atoms with Crippen LogP contribution >= 0.6 is 0 Å². The average molecular weight is 382 g/mol. The van der Waals surface area contributed by atoms with Gasteiger partial charge in [-0.1, -0.05) is 6.42 Å². The van der Waals surface area contributed by atoms with Crippen LogP contribution in [0.25, 0.3) is 0 Å². The van der Waals surface area contributed by atoms with Crippen LogP contribution in [0.1, 0.15) is 51.4 Å². The van der Waals surface area contributed by atoms with Crippen molar-refractivity contribution >= 4 is 16.1 Å². The van der Waals surface area contributed by atoms with Gasteiger partial charge in [0.2, 0.25) is 10.0 Å². The highest BCUT2D eigenvalue weighted by Crippen LogP contribution is 2.58. The quantitative estimate of drug-likeness (QED) is 0.796. The number of likely N-dealkylation sites (tertiary alicyclic amines) is 1. The number of amides is 2. The van der Waals surface area contributed by atoms with Crippen molar-refractivity contribution in [3.63, 3.8) is 0 Å². The van der Waals surface area contributed by atoms with Gasteiger partial charge in [0.1, 0.15) is 0 Å². The van der Waals surface area contributed by atoms with E-state index >= 15 is 0 Å². The first-order valence-corrected chi connectivity index (χ1v) is 12.2. The van der Waals surface area contributed by atoms with Crippen LogP contribution in [0.5, 0.6) is 0 Å². The summed E-state index contributed by atoms with van der Waals surface area (Å²) in [6, 6.07) is 0.552. The fraction of sp³-hybridized carbons (Fsp3) is 0.947. The van der Waals surface area contributed by atoms with E-state index in [0.717, 1.165) is 37.0 Å². The maximum atomic E-state index is 12.8. The lowest BCUT2D eigenvalue weighted by Gasteiger charge is -2.38. The van der Waals surface area contributed by atoms with Gasteiger partial charge in [0.15, 0.2) is 0 Å². The van der Waals surface area contributed by atoms with E-state index in [1.54, 1.807) is 4.31 Å². The van der Waals surface area contributed by atoms with E-state index in [-0.39, 0.29) is 12.1 Å². The molecule has 0 radical (unpaired) electrons. The van der Waals surface area contributed by atoms with Crippen LogP contribution in [0.3, 0.4) is 0 Å². The molecule has 2 saturated heterocycles. The molecular formula is C19H31N3O3S. The number of fused-ring (bicyclic) bond motifs is 5. The molecule has 3 saturated carbocycles. The van der Waals surface area contributed by atoms with Crippen LogP contribution in [0.2, 0.25) is 0 Å². The molecule has 0 spiro atoms. The fourth-order valence-corrected chi connectivity index (χ4v) is 8.71. The highest BCUT2D eigenvalue weighted by molar-refractivity contribution is 7.89. The molecule has 2 amide bonds. The average Bonchev–Trinajstić information content (AvgIpc) is 3.36. The molecule has 5 unspecified atom stereocenters. The zero-order valence-electron chi connectivity index (χ0n) is 15.5. The largest absolute Gasteiger partial charge is 0.335 e. The van der Waals surface area contributed by atoms with Gasteiger partial charge in [-0.15, -0.1) is 0 Å². The molecule has 2 bridgehead atoms. The van der Waals surface area contributed by atoms with Crippen LogP contribution in [-0.2, 0) is 10.0 Å². The Morgan fingerprint density at radius 1 is 0.885 bits per heavy atom. The summed E-state index contributed by atoms with van der Waals surface area (Å²) in [5, 5.41) is 3.35. The lowest BCUT2D eigenvalue weighted by Crippen LogP contribution is -2.53. The minimum atomic E-state index is -3.04. The van der Waals surface area contributed by atoms with E-state index in [9.17, 15) is 13.2 Å². The number of carbonyl (C=O) groups is 1. The highest BCUT2D eigenvalue weighted by Gasteiger charge is 2.54. The summed E-state index contributed by atoms with van der Waals surface area (Å²) in [5.41, 5.74) is 0. The van der Waals surface area contributed by atoms with Gasteiger partial charge in [-0.2, -0.15) is 4.31 Å². The number of rotatable bonds is 2. The normalized spacial score (nSPS) is 42.3. The number of nitrogens with one attached hydrogen (secondary N) is 1. The molecule has 0 aromatic rings. The lowest BCUT2D eigenvalue weighted by atomic mass is 9.79. The summed E-state index contributed by atoms with van der Waals surface area (Å²) in [4.78, 5) is 14.7. The third-order valence-electron chi connectivity index (χ3n) is 8.03. The molecule has 6 nitrogen and oxygen atoms in total. The third kappa shape index (κ3) is 2.77. The second-order valence-corrected chi connectivity index (χ2v) is 11.2. The summed E-state index contributed by atoms with van der Waals surface area (Å²) in [7, 11) is -3.04. The molecule has 7 heteroatoms. The molecule has 5 fully saturated rings. The highest BCUT2D eigenvalue weighted by atomic mass is 32.2. The molecule has 2 heterocycles. The van der Waals surface area contributed by atoms with E-state index in [1.165, 1.54) is 32.1 Å². The van der Waals surface area contributed by atoms with Crippen LogP contribution in [0.4, 0.5) is 4.79 Å². The Morgan fingerprint density at radius 2 is 1.65 bits per heavy atom. The van der Waals surface area contributed by atoms with Gasteiger partial charge >= 0.3 is 6.03 Å². The lowest BCUT2D eigenvalue weighted by molar-refractivity contribution is 0.146. The molecule has 5 rings (SSSR count). The van der Waals surface area contributed by atoms with Crippen LogP contribution in [0.15, 0.2) is 0 Å². The van der Waals surface area contributed by atoms with Gasteiger partial charge in [-0.05, 0) is 68.6 Å². The first-order valence-electron chi connectivity index (χ1n) is 10.6. The first-order chi connectivity index (χ1) is 12.5. The number of sulfonamides is 1. The summed E-state index contributed by atoms with van der Waals surface area (Å²) in [6.07, 6.45) is 8.97. The third-order valence-corrected chi connectivity index (χ3v) is 10.0. The Bertz CT molecular complexity index is 674. The predicted octanol–water partition coefficient (Wildman–Crippen LogP) is 2.02. The number of hydrogen-bond donors (Lipinski definition) is 1. The number of piperidine rings is 1. The number of urea groups is 1. The summed E-state index contributed by atoms with van der Waals surface area (Å²) < 4.78 is 25.9. The van der Waals surface area contributed by atoms with Crippen molar-refractivity contribution in [2.24, 2.45) is 23.7 Å². The predicted molar refractivity (Wildman–Crippen MR) is 99.1 cm³/mol. The zero-order chi connectivity index (χ0) is 17.9. The minimum absolute atomic E-state index is 0.0832. The molecule has 0 aromatic carbocycles. The molecule has 146 valence electrons. The van der Waals surface area contributed by atoms with Crippen molar-refractivity contribution < 1.29 is 13.2 Å². The van der Waals surface area contributed by atoms with E-state index in [4.69, 9.17) is 0 Å². The topological polar surface area (TPSA) is 69.7 Å². The van der Waals surface area contributed by atoms with Crippen LogP contribution in [0, 0.1) is 23.7 Å². The molecule has 5 aliphatic rings. The van der Waals surface area contributed by atoms with Crippen LogP contribution < -0.4 is 5.32 Å². The van der Waals surface area contributed by atoms with E-state index in [0.29, 0.717) is 37.3 Å². The molecule has 2 aliphatic heterocycles. The second-order valence-electron chi connectivity index (χ2n) is 9.21. The maximum absolute atomic E-state index is 12.8. The number of nitrogens with zero attached hydrogens (tertiary/aromatic N) is 2. The number of hydrogen-bond acceptors (Lipinski definition) is 3. The Balaban J connectivity index is 1.15. The van der Waals surface area contributed by atoms with Crippen molar-refractivity contribution in [2.75, 3.05) is 25.4 Å². The standard InChI is InChI=1S/C19H31N3O3S/c23-19(20-18-12-13-11-17(18)16-4-1-3-15(13)16)21-8-5-14(6-9-21)22-7-2-10-26(22,24)25/h13-18H,1-12H2,(H,20,23). The van der Waals surface area contributed by atoms with E-state index in [2.05, 4.69) is 5.32 Å². The van der Waals surface area contributed by atoms with E-state index < -0.39 is 10.0 Å². The van der Waals surface area contributed by atoms with Gasteiger partial charge in [0.25, 0.3) is 0 Å². The molecule has 1 N–H and O–H groups in total. The van der Waals surface area contributed by atoms with Crippen molar-refractivity contribution in [3.05, 3.63) is 0 Å². The van der Waals surface area contributed by atoms with Crippen molar-refractivity contribution in [3.8, 4) is 0 Å². The Hall–Kier alpha value is -0.820. The molecule has 0 aromatic heterocycles. The second kappa shape index (κ2) is 6.36. The maximum Gasteiger partial charge on any atom is 0.317 e. The van der Waals surface area contributed by atoms with Gasteiger partial charge < -0.3 is 10.2 Å². The van der Waals surface area contributed by atoms with Gasteiger partial charge in [0.05, 0.1) is 5.75 Å². The summed E-state index contributed by atoms with van der Waals surface area (Å²) in [6.45, 7) is 2.01. The molecule has 5 atom stereocenters. The van der Waals surface area contributed by atoms with Crippen molar-refractivity contribution in [1.29, 1.82) is 0 Å². The van der Waals surface area contributed by atoms with E-state index in [1.807, 2.05) is 4.90 Å². The number of carbonyl (C=O) groups excluding carboxylic acids is 1. The SMILES string of the molecule is O=C(NC1CC2CC1C1CCCC21)N1CCC(N2CCCS2(=O)=O)CC1. The Kier molecular flexibility index (Phi) is 4.23. The first kappa shape index (κ1) is 17.3. The van der Waals surface area contributed by atoms with Gasteiger partial charge in [-0.3, -0.25) is 0 Å². The molecule has 3 aliphatic carbocycles. The van der Waals surface area contributed by atoms with Gasteiger partial charge in [0, 0.05) is 31.7 Å². The molecular weight excluding hydrogens is 350 g/mol. The smallest absolute Gasteiger partial charge is 0.317 e. The summed E-state index contributed by atoms with van der Waals surface area (Å²) >= 11 is 0. The van der Waals surface area contributed by atoms with Gasteiger partial charge in [-0.25, -0.2) is 13.2 Å². The fourth-order valence-electron chi connectivity index (χ4n) is 6.91.